The van der Waals surface area contributed by atoms with E-state index in [1.54, 1.807) is 6.08 Å². The van der Waals surface area contributed by atoms with Crippen molar-refractivity contribution in [3.63, 3.8) is 0 Å². The topological polar surface area (TPSA) is 38.7 Å². The van der Waals surface area contributed by atoms with E-state index in [0.29, 0.717) is 17.5 Å². The van der Waals surface area contributed by atoms with Crippen molar-refractivity contribution < 1.29 is 9.53 Å². The van der Waals surface area contributed by atoms with E-state index in [1.165, 1.54) is 11.1 Å². The molecular formula is C20H19NO2. The van der Waals surface area contributed by atoms with Crippen molar-refractivity contribution in [1.29, 1.82) is 0 Å². The Morgan fingerprint density at radius 1 is 1.00 bits per heavy atom. The number of aryl methyl sites for hydroxylation is 1. The standard InChI is InChI=1S/C20H19NO2/c1-13(2)16-8-10-17(11-9-16)19-21-18(20(22)23-19)12-15-6-4-14(3)5-7-15/h4-13H,1-3H3/b18-12-. The van der Waals surface area contributed by atoms with Crippen LogP contribution in [0.25, 0.3) is 6.08 Å². The number of rotatable bonds is 3. The molecule has 23 heavy (non-hydrogen) atoms. The summed E-state index contributed by atoms with van der Waals surface area (Å²) in [4.78, 5) is 16.3. The van der Waals surface area contributed by atoms with Crippen molar-refractivity contribution in [2.45, 2.75) is 26.7 Å². The smallest absolute Gasteiger partial charge is 0.363 e. The average molecular weight is 305 g/mol. The SMILES string of the molecule is Cc1ccc(/C=C2\N=C(c3ccc(C(C)C)cc3)OC2=O)cc1. The van der Waals surface area contributed by atoms with Crippen LogP contribution < -0.4 is 0 Å². The third-order valence-electron chi connectivity index (χ3n) is 3.83. The lowest BCUT2D eigenvalue weighted by Crippen LogP contribution is -2.05. The lowest BCUT2D eigenvalue weighted by Gasteiger charge is -2.05. The van der Waals surface area contributed by atoms with Gasteiger partial charge in [0.15, 0.2) is 5.70 Å². The molecule has 0 N–H and O–H groups in total. The fourth-order valence-corrected chi connectivity index (χ4v) is 2.36. The highest BCUT2D eigenvalue weighted by Gasteiger charge is 2.24. The molecule has 116 valence electrons. The molecule has 1 heterocycles. The van der Waals surface area contributed by atoms with Crippen molar-refractivity contribution in [3.8, 4) is 0 Å². The Labute approximate surface area is 136 Å². The number of cyclic esters (lactones) is 1. The van der Waals surface area contributed by atoms with E-state index in [2.05, 4.69) is 18.8 Å². The number of ether oxygens (including phenoxy) is 1. The molecule has 0 fully saturated rings. The highest BCUT2D eigenvalue weighted by molar-refractivity contribution is 6.12. The zero-order chi connectivity index (χ0) is 16.4. The van der Waals surface area contributed by atoms with E-state index in [4.69, 9.17) is 4.74 Å². The van der Waals surface area contributed by atoms with Gasteiger partial charge in [0.1, 0.15) is 0 Å². The van der Waals surface area contributed by atoms with E-state index in [0.717, 1.165) is 11.1 Å². The quantitative estimate of drug-likeness (QED) is 0.620. The summed E-state index contributed by atoms with van der Waals surface area (Å²) >= 11 is 0. The van der Waals surface area contributed by atoms with Gasteiger partial charge in [0.05, 0.1) is 0 Å². The molecule has 3 nitrogen and oxygen atoms in total. The molecular weight excluding hydrogens is 286 g/mol. The average Bonchev–Trinajstić information content (AvgIpc) is 2.91. The van der Waals surface area contributed by atoms with E-state index < -0.39 is 5.97 Å². The third-order valence-corrected chi connectivity index (χ3v) is 3.83. The molecule has 0 aromatic heterocycles. The summed E-state index contributed by atoms with van der Waals surface area (Å²) < 4.78 is 5.30. The Hall–Kier alpha value is -2.68. The van der Waals surface area contributed by atoms with Crippen LogP contribution in [0.1, 0.15) is 42.0 Å². The Bertz CT molecular complexity index is 781. The predicted molar refractivity (Wildman–Crippen MR) is 92.3 cm³/mol. The van der Waals surface area contributed by atoms with Crippen LogP contribution in [0.4, 0.5) is 0 Å². The Balaban J connectivity index is 1.87. The Kier molecular flexibility index (Phi) is 4.11. The monoisotopic (exact) mass is 305 g/mol. The van der Waals surface area contributed by atoms with E-state index in [1.807, 2.05) is 55.5 Å². The Morgan fingerprint density at radius 2 is 1.65 bits per heavy atom. The summed E-state index contributed by atoms with van der Waals surface area (Å²) in [7, 11) is 0. The molecule has 0 aliphatic carbocycles. The van der Waals surface area contributed by atoms with E-state index in [-0.39, 0.29) is 0 Å². The minimum absolute atomic E-state index is 0.330. The third kappa shape index (κ3) is 3.39. The Morgan fingerprint density at radius 3 is 2.26 bits per heavy atom. The van der Waals surface area contributed by atoms with Crippen molar-refractivity contribution in [2.75, 3.05) is 0 Å². The van der Waals surface area contributed by atoms with Gasteiger partial charge in [-0.25, -0.2) is 9.79 Å². The maximum absolute atomic E-state index is 12.0. The molecule has 3 heteroatoms. The highest BCUT2D eigenvalue weighted by atomic mass is 16.6. The van der Waals surface area contributed by atoms with Crippen LogP contribution in [0.3, 0.4) is 0 Å². The zero-order valence-corrected chi connectivity index (χ0v) is 13.5. The highest BCUT2D eigenvalue weighted by Crippen LogP contribution is 2.21. The maximum Gasteiger partial charge on any atom is 0.363 e. The molecule has 3 rings (SSSR count). The van der Waals surface area contributed by atoms with Crippen LogP contribution in [0.2, 0.25) is 0 Å². The summed E-state index contributed by atoms with van der Waals surface area (Å²) in [6, 6.07) is 15.9. The summed E-state index contributed by atoms with van der Waals surface area (Å²) in [6.45, 7) is 6.31. The summed E-state index contributed by atoms with van der Waals surface area (Å²) in [5.74, 6) is 0.422. The molecule has 0 amide bonds. The van der Waals surface area contributed by atoms with Gasteiger partial charge >= 0.3 is 5.97 Å². The summed E-state index contributed by atoms with van der Waals surface area (Å²) in [5, 5.41) is 0. The second kappa shape index (κ2) is 6.21. The second-order valence-electron chi connectivity index (χ2n) is 6.02. The first-order valence-electron chi connectivity index (χ1n) is 7.72. The van der Waals surface area contributed by atoms with E-state index >= 15 is 0 Å². The first kappa shape index (κ1) is 15.2. The fraction of sp³-hybridized carbons (Fsp3) is 0.200. The van der Waals surface area contributed by atoms with Gasteiger partial charge in [-0.15, -0.1) is 0 Å². The van der Waals surface area contributed by atoms with Crippen LogP contribution in [0.15, 0.2) is 59.2 Å². The number of carbonyl (C=O) groups excluding carboxylic acids is 1. The fourth-order valence-electron chi connectivity index (χ4n) is 2.36. The van der Waals surface area contributed by atoms with Crippen molar-refractivity contribution in [1.82, 2.24) is 0 Å². The molecule has 0 spiro atoms. The van der Waals surface area contributed by atoms with Crippen LogP contribution >= 0.6 is 0 Å². The number of carbonyl (C=O) groups is 1. The molecule has 2 aromatic rings. The first-order valence-corrected chi connectivity index (χ1v) is 7.72. The predicted octanol–water partition coefficient (Wildman–Crippen LogP) is 4.46. The van der Waals surface area contributed by atoms with Crippen molar-refractivity contribution in [3.05, 3.63) is 76.5 Å². The number of hydrogen-bond donors (Lipinski definition) is 0. The first-order chi connectivity index (χ1) is 11.0. The number of nitrogens with zero attached hydrogens (tertiary/aromatic N) is 1. The maximum atomic E-state index is 12.0. The van der Waals surface area contributed by atoms with Crippen molar-refractivity contribution >= 4 is 17.9 Å². The van der Waals surface area contributed by atoms with Gasteiger partial charge in [-0.3, -0.25) is 0 Å². The van der Waals surface area contributed by atoms with Gasteiger partial charge in [0, 0.05) is 5.56 Å². The van der Waals surface area contributed by atoms with Gasteiger partial charge in [0.2, 0.25) is 5.90 Å². The van der Waals surface area contributed by atoms with Gasteiger partial charge in [-0.1, -0.05) is 55.8 Å². The number of benzene rings is 2. The summed E-state index contributed by atoms with van der Waals surface area (Å²) in [6.07, 6.45) is 1.75. The molecule has 0 saturated heterocycles. The molecule has 0 bridgehead atoms. The minimum Gasteiger partial charge on any atom is -0.402 e. The molecule has 0 unspecified atom stereocenters. The molecule has 0 atom stereocenters. The number of esters is 1. The lowest BCUT2D eigenvalue weighted by atomic mass is 10.0. The normalized spacial score (nSPS) is 15.9. The largest absolute Gasteiger partial charge is 0.402 e. The van der Waals surface area contributed by atoms with E-state index in [9.17, 15) is 4.79 Å². The number of hydrogen-bond acceptors (Lipinski definition) is 3. The number of aliphatic imine (C=N–C) groups is 1. The molecule has 0 saturated carbocycles. The molecule has 2 aromatic carbocycles. The van der Waals surface area contributed by atoms with Crippen LogP contribution in [-0.4, -0.2) is 11.9 Å². The molecule has 0 radical (unpaired) electrons. The van der Waals surface area contributed by atoms with Crippen LogP contribution in [-0.2, 0) is 9.53 Å². The van der Waals surface area contributed by atoms with Gasteiger partial charge in [0.25, 0.3) is 0 Å². The van der Waals surface area contributed by atoms with Crippen LogP contribution in [0, 0.1) is 6.92 Å². The minimum atomic E-state index is -0.409. The van der Waals surface area contributed by atoms with Gasteiger partial charge < -0.3 is 4.74 Å². The lowest BCUT2D eigenvalue weighted by molar-refractivity contribution is -0.129. The molecule has 1 aliphatic rings. The molecule has 1 aliphatic heterocycles. The van der Waals surface area contributed by atoms with Gasteiger partial charge in [-0.05, 0) is 42.2 Å². The second-order valence-corrected chi connectivity index (χ2v) is 6.02. The van der Waals surface area contributed by atoms with Crippen molar-refractivity contribution in [2.24, 2.45) is 4.99 Å². The summed E-state index contributed by atoms with van der Waals surface area (Å²) in [5.41, 5.74) is 4.50. The van der Waals surface area contributed by atoms with Crippen LogP contribution in [0.5, 0.6) is 0 Å². The zero-order valence-electron chi connectivity index (χ0n) is 13.5. The van der Waals surface area contributed by atoms with Gasteiger partial charge in [-0.2, -0.15) is 0 Å².